The molecule has 0 fully saturated rings. The molecule has 0 unspecified atom stereocenters. The summed E-state index contributed by atoms with van der Waals surface area (Å²) in [7, 11) is -3.31. The van der Waals surface area contributed by atoms with E-state index in [9.17, 15) is 18.3 Å². The lowest BCUT2D eigenvalue weighted by molar-refractivity contribution is 0.0993. The molecule has 0 aliphatic rings. The third-order valence-electron chi connectivity index (χ3n) is 6.17. The molecule has 0 saturated heterocycles. The third kappa shape index (κ3) is 6.08. The van der Waals surface area contributed by atoms with E-state index in [4.69, 9.17) is 10.5 Å². The molecule has 0 radical (unpaired) electrons. The first-order valence-electron chi connectivity index (χ1n) is 12.2. The van der Waals surface area contributed by atoms with Crippen molar-refractivity contribution in [2.45, 2.75) is 37.2 Å². The number of ether oxygens (including phenoxy) is 1. The van der Waals surface area contributed by atoms with Crippen molar-refractivity contribution in [1.29, 1.82) is 0 Å². The number of carbonyl (C=O) groups excluding carboxylic acids is 1. The van der Waals surface area contributed by atoms with Gasteiger partial charge in [0, 0.05) is 46.0 Å². The minimum Gasteiger partial charge on any atom is -0.490 e. The lowest BCUT2D eigenvalue weighted by atomic mass is 9.88. The van der Waals surface area contributed by atoms with Crippen LogP contribution in [0.4, 0.5) is 0 Å². The first-order chi connectivity index (χ1) is 18.1. The third-order valence-corrected chi connectivity index (χ3v) is 7.30. The van der Waals surface area contributed by atoms with E-state index in [0.29, 0.717) is 28.9 Å². The Hall–Kier alpha value is -4.06. The zero-order valence-corrected chi connectivity index (χ0v) is 22.3. The maximum absolute atomic E-state index is 12.5. The van der Waals surface area contributed by atoms with Gasteiger partial charge in [-0.3, -0.25) is 4.79 Å². The monoisotopic (exact) mass is 530 g/mol. The molecule has 1 atom stereocenters. The fourth-order valence-electron chi connectivity index (χ4n) is 4.35. The van der Waals surface area contributed by atoms with Crippen molar-refractivity contribution in [2.75, 3.05) is 12.9 Å². The Kier molecular flexibility index (Phi) is 7.91. The van der Waals surface area contributed by atoms with Crippen molar-refractivity contribution in [1.82, 2.24) is 4.98 Å². The quantitative estimate of drug-likeness (QED) is 0.295. The van der Waals surface area contributed by atoms with Crippen LogP contribution in [0.25, 0.3) is 10.9 Å². The normalized spacial score (nSPS) is 12.2. The molecule has 8 heteroatoms. The van der Waals surface area contributed by atoms with Gasteiger partial charge in [0.05, 0.1) is 23.2 Å². The van der Waals surface area contributed by atoms with E-state index in [1.165, 1.54) is 12.1 Å². The molecule has 0 aliphatic carbocycles. The lowest BCUT2D eigenvalue weighted by Crippen LogP contribution is -2.19. The molecule has 0 bridgehead atoms. The van der Waals surface area contributed by atoms with Gasteiger partial charge in [-0.2, -0.15) is 0 Å². The van der Waals surface area contributed by atoms with Crippen LogP contribution in [0.1, 0.15) is 52.4 Å². The number of H-pyrrole nitrogens is 1. The van der Waals surface area contributed by atoms with E-state index in [-0.39, 0.29) is 23.2 Å². The first-order valence-corrected chi connectivity index (χ1v) is 14.1. The summed E-state index contributed by atoms with van der Waals surface area (Å²) < 4.78 is 29.5. The number of hydrogen-bond acceptors (Lipinski definition) is 5. The van der Waals surface area contributed by atoms with Crippen LogP contribution in [-0.4, -0.2) is 43.4 Å². The summed E-state index contributed by atoms with van der Waals surface area (Å²) in [6.07, 6.45) is 3.34. The molecule has 3 aromatic carbocycles. The number of amides is 1. The summed E-state index contributed by atoms with van der Waals surface area (Å²) in [5.74, 6) is 5.36. The molecule has 0 aliphatic heterocycles. The van der Waals surface area contributed by atoms with E-state index in [0.717, 1.165) is 22.7 Å². The van der Waals surface area contributed by atoms with Crippen LogP contribution in [0.5, 0.6) is 5.75 Å². The highest BCUT2D eigenvalue weighted by molar-refractivity contribution is 7.90. The van der Waals surface area contributed by atoms with Crippen molar-refractivity contribution >= 4 is 26.6 Å². The Balaban J connectivity index is 1.79. The van der Waals surface area contributed by atoms with E-state index in [1.54, 1.807) is 18.2 Å². The second kappa shape index (κ2) is 11.1. The smallest absolute Gasteiger partial charge is 0.252 e. The second-order valence-electron chi connectivity index (χ2n) is 9.46. The number of rotatable bonds is 8. The van der Waals surface area contributed by atoms with Gasteiger partial charge < -0.3 is 20.6 Å². The molecule has 7 nitrogen and oxygen atoms in total. The number of nitrogens with one attached hydrogen (secondary N) is 1. The zero-order valence-electron chi connectivity index (χ0n) is 21.5. The number of aliphatic hydroxyl groups is 1. The van der Waals surface area contributed by atoms with Crippen molar-refractivity contribution < 1.29 is 23.1 Å². The van der Waals surface area contributed by atoms with Crippen LogP contribution in [0.15, 0.2) is 71.8 Å². The molecule has 4 aromatic rings. The molecule has 1 amide bonds. The second-order valence-corrected chi connectivity index (χ2v) is 11.5. The number of fused-ring (bicyclic) bond motifs is 1. The average molecular weight is 531 g/mol. The van der Waals surface area contributed by atoms with Crippen molar-refractivity contribution in [3.8, 4) is 17.6 Å². The Morgan fingerprint density at radius 3 is 2.37 bits per heavy atom. The minimum absolute atomic E-state index is 0.185. The summed E-state index contributed by atoms with van der Waals surface area (Å²) in [6.45, 7) is 3.53. The number of para-hydroxylation sites is 1. The van der Waals surface area contributed by atoms with Crippen LogP contribution >= 0.6 is 0 Å². The molecular formula is C30H30N2O5S. The van der Waals surface area contributed by atoms with Crippen LogP contribution in [0.2, 0.25) is 0 Å². The summed E-state index contributed by atoms with van der Waals surface area (Å²) in [4.78, 5) is 16.0. The molecule has 4 N–H and O–H groups in total. The van der Waals surface area contributed by atoms with Gasteiger partial charge >= 0.3 is 0 Å². The number of nitrogens with two attached hydrogens (primary N) is 1. The Labute approximate surface area is 222 Å². The van der Waals surface area contributed by atoms with Crippen molar-refractivity contribution in [3.05, 3.63) is 94.7 Å². The van der Waals surface area contributed by atoms with Gasteiger partial charge in [0.2, 0.25) is 0 Å². The van der Waals surface area contributed by atoms with Crippen LogP contribution in [0.3, 0.4) is 0 Å². The maximum atomic E-state index is 12.5. The van der Waals surface area contributed by atoms with Crippen LogP contribution in [-0.2, 0) is 16.3 Å². The Bertz CT molecular complexity index is 1640. The highest BCUT2D eigenvalue weighted by atomic mass is 32.2. The molecular weight excluding hydrogens is 500 g/mol. The fourth-order valence-corrected chi connectivity index (χ4v) is 4.98. The molecule has 4 rings (SSSR count). The van der Waals surface area contributed by atoms with E-state index < -0.39 is 21.7 Å². The predicted molar refractivity (Wildman–Crippen MR) is 148 cm³/mol. The summed E-state index contributed by atoms with van der Waals surface area (Å²) in [5, 5.41) is 11.5. The van der Waals surface area contributed by atoms with Gasteiger partial charge in [-0.15, -0.1) is 0 Å². The maximum Gasteiger partial charge on any atom is 0.252 e. The van der Waals surface area contributed by atoms with E-state index in [2.05, 4.69) is 16.8 Å². The first kappa shape index (κ1) is 27.0. The predicted octanol–water partition coefficient (Wildman–Crippen LogP) is 4.18. The standard InChI is InChI=1S/C30H30N2O5S/c1-19(2)37-29-26(23(18-33)16-22-17-32-28-7-5-4-6-25(22)28)14-21(15-27(29)30(31)34)9-8-20-10-12-24(13-11-20)38(3,35)36/h4-7,10-15,17,19,23,32-33H,16,18H2,1-3H3,(H2,31,34)/t23-/m0/s1. The van der Waals surface area contributed by atoms with Gasteiger partial charge in [-0.25, -0.2) is 8.42 Å². The van der Waals surface area contributed by atoms with Crippen molar-refractivity contribution in [3.63, 3.8) is 0 Å². The fraction of sp³-hybridized carbons (Fsp3) is 0.233. The number of benzene rings is 3. The Morgan fingerprint density at radius 2 is 1.74 bits per heavy atom. The highest BCUT2D eigenvalue weighted by Crippen LogP contribution is 2.35. The largest absolute Gasteiger partial charge is 0.490 e. The number of sulfone groups is 1. The Morgan fingerprint density at radius 1 is 1.05 bits per heavy atom. The topological polar surface area (TPSA) is 122 Å². The zero-order chi connectivity index (χ0) is 27.4. The minimum atomic E-state index is -3.31. The highest BCUT2D eigenvalue weighted by Gasteiger charge is 2.24. The number of hydrogen-bond donors (Lipinski definition) is 3. The van der Waals surface area contributed by atoms with Gasteiger partial charge in [0.1, 0.15) is 5.75 Å². The summed E-state index contributed by atoms with van der Waals surface area (Å²) in [5.41, 5.74) is 9.73. The lowest BCUT2D eigenvalue weighted by Gasteiger charge is -2.23. The van der Waals surface area contributed by atoms with Gasteiger partial charge in [0.15, 0.2) is 9.84 Å². The average Bonchev–Trinajstić information content (AvgIpc) is 3.28. The van der Waals surface area contributed by atoms with Gasteiger partial charge in [-0.05, 0) is 68.3 Å². The number of primary amides is 1. The van der Waals surface area contributed by atoms with Crippen molar-refractivity contribution in [2.24, 2.45) is 5.73 Å². The van der Waals surface area contributed by atoms with E-state index in [1.807, 2.05) is 50.4 Å². The molecule has 0 spiro atoms. The molecule has 1 aromatic heterocycles. The molecule has 0 saturated carbocycles. The summed E-state index contributed by atoms with van der Waals surface area (Å²) >= 11 is 0. The number of aromatic amines is 1. The number of aromatic nitrogens is 1. The van der Waals surface area contributed by atoms with Gasteiger partial charge in [-0.1, -0.05) is 30.0 Å². The summed E-state index contributed by atoms with van der Waals surface area (Å²) in [6, 6.07) is 17.6. The van der Waals surface area contributed by atoms with Gasteiger partial charge in [0.25, 0.3) is 5.91 Å². The SMILES string of the molecule is CC(C)Oc1c(C(N)=O)cc(C#Cc2ccc(S(C)(=O)=O)cc2)cc1[C@H](CO)Cc1c[nH]c2ccccc12. The number of aliphatic hydroxyl groups excluding tert-OH is 1. The van der Waals surface area contributed by atoms with Crippen LogP contribution in [0, 0.1) is 11.8 Å². The van der Waals surface area contributed by atoms with E-state index >= 15 is 0 Å². The van der Waals surface area contributed by atoms with Crippen LogP contribution < -0.4 is 10.5 Å². The number of carbonyl (C=O) groups is 1. The molecule has 38 heavy (non-hydrogen) atoms. The molecule has 1 heterocycles. The molecule has 196 valence electrons.